The normalized spacial score (nSPS) is 15.1. The first-order valence-electron chi connectivity index (χ1n) is 7.05. The summed E-state index contributed by atoms with van der Waals surface area (Å²) in [4.78, 5) is 4.35. The van der Waals surface area contributed by atoms with E-state index in [1.54, 1.807) is 13.0 Å². The van der Waals surface area contributed by atoms with Crippen molar-refractivity contribution in [3.05, 3.63) is 40.3 Å². The highest BCUT2D eigenvalue weighted by Gasteiger charge is 2.33. The Labute approximate surface area is 138 Å². The Morgan fingerprint density at radius 1 is 1.45 bits per heavy atom. The van der Waals surface area contributed by atoms with E-state index in [4.69, 9.17) is 16.7 Å². The fourth-order valence-electron chi connectivity index (χ4n) is 2.63. The summed E-state index contributed by atoms with van der Waals surface area (Å²) in [7, 11) is 0. The van der Waals surface area contributed by atoms with Gasteiger partial charge in [0.2, 0.25) is 0 Å². The predicted octanol–water partition coefficient (Wildman–Crippen LogP) is 4.23. The molecule has 1 heterocycles. The van der Waals surface area contributed by atoms with Crippen LogP contribution in [0.15, 0.2) is 18.2 Å². The standard InChI is InChI=1S/C16H20ClFN2OS/c1-9(8-16(3,4)22(19)21)12-7-11-5-6-13(18)10(2)14(11)20-15(12)17/h5-7,9H,8,19H2,1-4H3/t9-,22?/m0/s1. The number of benzene rings is 1. The van der Waals surface area contributed by atoms with Crippen molar-refractivity contribution in [1.29, 1.82) is 0 Å². The van der Waals surface area contributed by atoms with Crippen molar-refractivity contribution in [1.82, 2.24) is 4.98 Å². The van der Waals surface area contributed by atoms with E-state index in [-0.39, 0.29) is 11.7 Å². The predicted molar refractivity (Wildman–Crippen MR) is 90.9 cm³/mol. The number of rotatable bonds is 4. The Kier molecular flexibility index (Phi) is 5.02. The maximum absolute atomic E-state index is 13.6. The van der Waals surface area contributed by atoms with E-state index in [0.29, 0.717) is 22.7 Å². The molecule has 120 valence electrons. The highest BCUT2D eigenvalue weighted by Crippen LogP contribution is 2.35. The molecule has 0 amide bonds. The van der Waals surface area contributed by atoms with Crippen molar-refractivity contribution >= 4 is 33.9 Å². The molecular weight excluding hydrogens is 323 g/mol. The molecule has 0 aliphatic heterocycles. The van der Waals surface area contributed by atoms with Crippen molar-refractivity contribution in [2.45, 2.75) is 44.8 Å². The first-order valence-corrected chi connectivity index (χ1v) is 8.64. The van der Waals surface area contributed by atoms with E-state index in [2.05, 4.69) is 4.98 Å². The zero-order valence-corrected chi connectivity index (χ0v) is 14.7. The van der Waals surface area contributed by atoms with Crippen LogP contribution in [-0.4, -0.2) is 14.3 Å². The van der Waals surface area contributed by atoms with E-state index >= 15 is 0 Å². The lowest BCUT2D eigenvalue weighted by Crippen LogP contribution is -2.38. The van der Waals surface area contributed by atoms with Gasteiger partial charge >= 0.3 is 0 Å². The molecule has 3 nitrogen and oxygen atoms in total. The number of halogens is 2. The fraction of sp³-hybridized carbons (Fsp3) is 0.438. The molecule has 0 aliphatic rings. The first kappa shape index (κ1) is 17.5. The molecule has 0 spiro atoms. The molecule has 1 aromatic carbocycles. The number of fused-ring (bicyclic) bond motifs is 1. The largest absolute Gasteiger partial charge is 0.598 e. The molecule has 0 fully saturated rings. The number of aromatic nitrogens is 1. The summed E-state index contributed by atoms with van der Waals surface area (Å²) in [6.45, 7) is 7.41. The Morgan fingerprint density at radius 2 is 2.09 bits per heavy atom. The van der Waals surface area contributed by atoms with Gasteiger partial charge < -0.3 is 4.55 Å². The number of aryl methyl sites for hydroxylation is 1. The second kappa shape index (κ2) is 6.32. The number of nitrogens with two attached hydrogens (primary N) is 1. The quantitative estimate of drug-likeness (QED) is 0.668. The van der Waals surface area contributed by atoms with Crippen molar-refractivity contribution in [3.63, 3.8) is 0 Å². The second-order valence-corrected chi connectivity index (χ2v) is 8.33. The number of hydrogen-bond acceptors (Lipinski definition) is 3. The van der Waals surface area contributed by atoms with Gasteiger partial charge in [0.1, 0.15) is 15.7 Å². The molecule has 6 heteroatoms. The molecule has 2 rings (SSSR count). The molecule has 0 aliphatic carbocycles. The smallest absolute Gasteiger partial charge is 0.140 e. The Hall–Kier alpha value is -0.880. The monoisotopic (exact) mass is 342 g/mol. The Bertz CT molecular complexity index is 706. The Morgan fingerprint density at radius 3 is 2.68 bits per heavy atom. The lowest BCUT2D eigenvalue weighted by atomic mass is 9.91. The maximum atomic E-state index is 13.6. The van der Waals surface area contributed by atoms with Gasteiger partial charge in [0, 0.05) is 28.7 Å². The third-order valence-electron chi connectivity index (χ3n) is 4.03. The van der Waals surface area contributed by atoms with Gasteiger partial charge in [0.15, 0.2) is 0 Å². The van der Waals surface area contributed by atoms with E-state index in [1.807, 2.05) is 26.8 Å². The third-order valence-corrected chi connectivity index (χ3v) is 5.59. The van der Waals surface area contributed by atoms with Crippen LogP contribution >= 0.6 is 11.6 Å². The van der Waals surface area contributed by atoms with Crippen LogP contribution in [0.4, 0.5) is 4.39 Å². The molecule has 1 aromatic heterocycles. The van der Waals surface area contributed by atoms with E-state index in [9.17, 15) is 8.94 Å². The molecule has 2 N–H and O–H groups in total. The topological polar surface area (TPSA) is 62.0 Å². The van der Waals surface area contributed by atoms with Crippen LogP contribution in [0.25, 0.3) is 10.9 Å². The minimum absolute atomic E-state index is 0.0391. The van der Waals surface area contributed by atoms with Crippen LogP contribution in [0.1, 0.15) is 44.2 Å². The molecule has 0 radical (unpaired) electrons. The molecule has 0 saturated heterocycles. The van der Waals surface area contributed by atoms with E-state index in [0.717, 1.165) is 10.9 Å². The zero-order chi connectivity index (χ0) is 16.7. The highest BCUT2D eigenvalue weighted by atomic mass is 35.5. The van der Waals surface area contributed by atoms with Gasteiger partial charge in [-0.1, -0.05) is 18.5 Å². The lowest BCUT2D eigenvalue weighted by Gasteiger charge is -2.27. The van der Waals surface area contributed by atoms with Gasteiger partial charge in [-0.05, 0) is 50.5 Å². The number of nitrogens with zero attached hydrogens (tertiary/aromatic N) is 1. The average Bonchev–Trinajstić information content (AvgIpc) is 2.42. The van der Waals surface area contributed by atoms with Crippen LogP contribution in [0.2, 0.25) is 5.15 Å². The van der Waals surface area contributed by atoms with Gasteiger partial charge in [0.25, 0.3) is 0 Å². The number of hydrogen-bond donors (Lipinski definition) is 1. The van der Waals surface area contributed by atoms with Crippen molar-refractivity contribution in [2.75, 3.05) is 0 Å². The van der Waals surface area contributed by atoms with Gasteiger partial charge in [0.05, 0.1) is 5.52 Å². The summed E-state index contributed by atoms with van der Waals surface area (Å²) in [5, 5.41) is 6.74. The second-order valence-electron chi connectivity index (χ2n) is 6.27. The highest BCUT2D eigenvalue weighted by molar-refractivity contribution is 7.90. The molecule has 1 unspecified atom stereocenters. The van der Waals surface area contributed by atoms with Crippen LogP contribution in [0, 0.1) is 12.7 Å². The summed E-state index contributed by atoms with van der Waals surface area (Å²) in [6, 6.07) is 5.06. The van der Waals surface area contributed by atoms with Crippen molar-refractivity contribution < 1.29 is 8.94 Å². The van der Waals surface area contributed by atoms with Gasteiger partial charge in [-0.15, -0.1) is 0 Å². The summed E-state index contributed by atoms with van der Waals surface area (Å²) in [5.74, 6) is -0.256. The average molecular weight is 343 g/mol. The van der Waals surface area contributed by atoms with E-state index < -0.39 is 16.1 Å². The SMILES string of the molecule is Cc1c(F)ccc2cc([C@@H](C)CC(C)(C)[S+](N)[O-])c(Cl)nc12. The maximum Gasteiger partial charge on any atom is 0.140 e. The lowest BCUT2D eigenvalue weighted by molar-refractivity contribution is 0.500. The van der Waals surface area contributed by atoms with Gasteiger partial charge in [-0.2, -0.15) is 5.14 Å². The van der Waals surface area contributed by atoms with Crippen molar-refractivity contribution in [2.24, 2.45) is 5.14 Å². The summed E-state index contributed by atoms with van der Waals surface area (Å²) < 4.78 is 24.7. The minimum Gasteiger partial charge on any atom is -0.598 e. The molecule has 22 heavy (non-hydrogen) atoms. The fourth-order valence-corrected chi connectivity index (χ4v) is 3.37. The Balaban J connectivity index is 2.44. The number of pyridine rings is 1. The molecule has 2 aromatic rings. The summed E-state index contributed by atoms with van der Waals surface area (Å²) in [6.07, 6.45) is 0.614. The molecule has 0 saturated carbocycles. The summed E-state index contributed by atoms with van der Waals surface area (Å²) >= 11 is 4.87. The van der Waals surface area contributed by atoms with Gasteiger partial charge in [-0.3, -0.25) is 0 Å². The molecule has 2 atom stereocenters. The van der Waals surface area contributed by atoms with Crippen LogP contribution in [0.3, 0.4) is 0 Å². The summed E-state index contributed by atoms with van der Waals surface area (Å²) in [5.41, 5.74) is 1.92. The van der Waals surface area contributed by atoms with Gasteiger partial charge in [-0.25, -0.2) is 9.37 Å². The van der Waals surface area contributed by atoms with Crippen molar-refractivity contribution in [3.8, 4) is 0 Å². The van der Waals surface area contributed by atoms with E-state index in [1.165, 1.54) is 6.07 Å². The van der Waals surface area contributed by atoms with Crippen LogP contribution in [0.5, 0.6) is 0 Å². The van der Waals surface area contributed by atoms with Crippen LogP contribution < -0.4 is 5.14 Å². The molecule has 0 bridgehead atoms. The van der Waals surface area contributed by atoms with Crippen LogP contribution in [-0.2, 0) is 11.4 Å². The molecular formula is C16H20ClFN2OS. The first-order chi connectivity index (χ1) is 10.1. The zero-order valence-electron chi connectivity index (χ0n) is 13.1. The third kappa shape index (κ3) is 3.38. The minimum atomic E-state index is -1.42.